The lowest BCUT2D eigenvalue weighted by molar-refractivity contribution is -0.123. The molecule has 0 aliphatic rings. The minimum Gasteiger partial charge on any atom is -0.484 e. The molecule has 0 unspecified atom stereocenters. The molecular weight excluding hydrogens is 264 g/mol. The van der Waals surface area contributed by atoms with E-state index in [0.29, 0.717) is 5.75 Å². The molecule has 0 saturated carbocycles. The van der Waals surface area contributed by atoms with Crippen molar-refractivity contribution in [1.29, 1.82) is 0 Å². The Morgan fingerprint density at radius 1 is 1.10 bits per heavy atom. The van der Waals surface area contributed by atoms with Crippen LogP contribution in [0.4, 0.5) is 0 Å². The van der Waals surface area contributed by atoms with Crippen LogP contribution in [0.25, 0.3) is 11.1 Å². The molecule has 108 valence electrons. The van der Waals surface area contributed by atoms with Crippen LogP contribution < -0.4 is 10.2 Å². The standard InChI is InChI=1S/C17H18N2O2/c1-2-12-18-19-17(20)13-21-16-10-8-15(9-11-16)14-6-4-3-5-7-14/h3-12H,2,13H2,1H3,(H,19,20). The van der Waals surface area contributed by atoms with Crippen LogP contribution in [0, 0.1) is 0 Å². The number of rotatable bonds is 6. The summed E-state index contributed by atoms with van der Waals surface area (Å²) in [5.74, 6) is 0.385. The van der Waals surface area contributed by atoms with E-state index < -0.39 is 0 Å². The molecule has 0 saturated heterocycles. The summed E-state index contributed by atoms with van der Waals surface area (Å²) >= 11 is 0. The number of hydrogen-bond acceptors (Lipinski definition) is 3. The number of nitrogens with one attached hydrogen (secondary N) is 1. The van der Waals surface area contributed by atoms with Crippen LogP contribution in [-0.4, -0.2) is 18.7 Å². The second kappa shape index (κ2) is 7.85. The number of hydrogen-bond donors (Lipinski definition) is 1. The van der Waals surface area contributed by atoms with Crippen molar-refractivity contribution in [3.8, 4) is 16.9 Å². The summed E-state index contributed by atoms with van der Waals surface area (Å²) in [5.41, 5.74) is 4.66. The molecule has 2 rings (SSSR count). The van der Waals surface area contributed by atoms with Gasteiger partial charge in [0.15, 0.2) is 6.61 Å². The number of ether oxygens (including phenoxy) is 1. The highest BCUT2D eigenvalue weighted by molar-refractivity contribution is 5.78. The third-order valence-electron chi connectivity index (χ3n) is 2.79. The van der Waals surface area contributed by atoms with Crippen molar-refractivity contribution in [3.63, 3.8) is 0 Å². The fourth-order valence-electron chi connectivity index (χ4n) is 1.76. The Balaban J connectivity index is 1.88. The van der Waals surface area contributed by atoms with Crippen LogP contribution in [0.15, 0.2) is 59.7 Å². The lowest BCUT2D eigenvalue weighted by Gasteiger charge is -2.06. The van der Waals surface area contributed by atoms with E-state index in [-0.39, 0.29) is 12.5 Å². The summed E-state index contributed by atoms with van der Waals surface area (Å²) in [4.78, 5) is 11.4. The molecule has 0 radical (unpaired) electrons. The van der Waals surface area contributed by atoms with Gasteiger partial charge in [0.1, 0.15) is 5.75 Å². The number of carbonyl (C=O) groups excluding carboxylic acids is 1. The van der Waals surface area contributed by atoms with Gasteiger partial charge in [0.05, 0.1) is 0 Å². The van der Waals surface area contributed by atoms with E-state index in [0.717, 1.165) is 17.5 Å². The molecule has 0 heterocycles. The molecular formula is C17H18N2O2. The molecule has 4 heteroatoms. The summed E-state index contributed by atoms with van der Waals surface area (Å²) < 4.78 is 5.40. The van der Waals surface area contributed by atoms with Crippen LogP contribution in [0.1, 0.15) is 13.3 Å². The number of carbonyl (C=O) groups is 1. The van der Waals surface area contributed by atoms with Gasteiger partial charge in [0.2, 0.25) is 0 Å². The Labute approximate surface area is 124 Å². The van der Waals surface area contributed by atoms with Crippen LogP contribution >= 0.6 is 0 Å². The van der Waals surface area contributed by atoms with Gasteiger partial charge in [-0.15, -0.1) is 0 Å². The zero-order chi connectivity index (χ0) is 14.9. The van der Waals surface area contributed by atoms with E-state index in [1.165, 1.54) is 0 Å². The summed E-state index contributed by atoms with van der Waals surface area (Å²) in [6, 6.07) is 17.7. The Hall–Kier alpha value is -2.62. The van der Waals surface area contributed by atoms with E-state index in [2.05, 4.69) is 22.7 Å². The predicted molar refractivity (Wildman–Crippen MR) is 84.3 cm³/mol. The Morgan fingerprint density at radius 3 is 2.43 bits per heavy atom. The molecule has 0 bridgehead atoms. The number of amides is 1. The van der Waals surface area contributed by atoms with E-state index in [1.807, 2.05) is 49.4 Å². The lowest BCUT2D eigenvalue weighted by atomic mass is 10.1. The molecule has 0 aliphatic heterocycles. The van der Waals surface area contributed by atoms with Crippen molar-refractivity contribution >= 4 is 12.1 Å². The maximum absolute atomic E-state index is 11.4. The normalized spacial score (nSPS) is 10.5. The summed E-state index contributed by atoms with van der Waals surface area (Å²) in [6.45, 7) is 1.90. The fraction of sp³-hybridized carbons (Fsp3) is 0.176. The van der Waals surface area contributed by atoms with E-state index in [1.54, 1.807) is 6.21 Å². The first-order chi connectivity index (χ1) is 10.3. The Bertz CT molecular complexity index is 592. The number of benzene rings is 2. The second-order valence-corrected chi connectivity index (χ2v) is 4.43. The maximum Gasteiger partial charge on any atom is 0.277 e. The smallest absolute Gasteiger partial charge is 0.277 e. The topological polar surface area (TPSA) is 50.7 Å². The molecule has 2 aromatic carbocycles. The quantitative estimate of drug-likeness (QED) is 0.653. The van der Waals surface area contributed by atoms with Crippen molar-refractivity contribution in [2.75, 3.05) is 6.61 Å². The minimum absolute atomic E-state index is 0.0499. The van der Waals surface area contributed by atoms with Gasteiger partial charge >= 0.3 is 0 Å². The van der Waals surface area contributed by atoms with Crippen LogP contribution in [0.3, 0.4) is 0 Å². The second-order valence-electron chi connectivity index (χ2n) is 4.43. The molecule has 0 aliphatic carbocycles. The van der Waals surface area contributed by atoms with Crippen molar-refractivity contribution in [3.05, 3.63) is 54.6 Å². The molecule has 0 spiro atoms. The minimum atomic E-state index is -0.271. The van der Waals surface area contributed by atoms with Gasteiger partial charge in [-0.1, -0.05) is 49.4 Å². The third kappa shape index (κ3) is 4.76. The van der Waals surface area contributed by atoms with E-state index in [4.69, 9.17) is 4.74 Å². The lowest BCUT2D eigenvalue weighted by Crippen LogP contribution is -2.24. The summed E-state index contributed by atoms with van der Waals surface area (Å²) in [5, 5.41) is 3.75. The van der Waals surface area contributed by atoms with Crippen molar-refractivity contribution < 1.29 is 9.53 Å². The number of hydrazone groups is 1. The Kier molecular flexibility index (Phi) is 5.52. The zero-order valence-corrected chi connectivity index (χ0v) is 12.0. The molecule has 2 aromatic rings. The molecule has 4 nitrogen and oxygen atoms in total. The van der Waals surface area contributed by atoms with Gasteiger partial charge in [0, 0.05) is 6.21 Å². The number of nitrogens with zero attached hydrogens (tertiary/aromatic N) is 1. The molecule has 1 N–H and O–H groups in total. The Morgan fingerprint density at radius 2 is 1.76 bits per heavy atom. The van der Waals surface area contributed by atoms with Gasteiger partial charge in [-0.3, -0.25) is 4.79 Å². The SMILES string of the molecule is CCC=NNC(=O)COc1ccc(-c2ccccc2)cc1. The third-order valence-corrected chi connectivity index (χ3v) is 2.79. The molecule has 21 heavy (non-hydrogen) atoms. The predicted octanol–water partition coefficient (Wildman–Crippen LogP) is 3.24. The van der Waals surface area contributed by atoms with Gasteiger partial charge < -0.3 is 4.74 Å². The summed E-state index contributed by atoms with van der Waals surface area (Å²) in [7, 11) is 0. The summed E-state index contributed by atoms with van der Waals surface area (Å²) in [6.07, 6.45) is 2.41. The zero-order valence-electron chi connectivity index (χ0n) is 12.0. The van der Waals surface area contributed by atoms with Gasteiger partial charge in [-0.2, -0.15) is 5.10 Å². The largest absolute Gasteiger partial charge is 0.484 e. The first-order valence-electron chi connectivity index (χ1n) is 6.88. The van der Waals surface area contributed by atoms with Crippen LogP contribution in [0.5, 0.6) is 5.75 Å². The van der Waals surface area contributed by atoms with E-state index >= 15 is 0 Å². The highest BCUT2D eigenvalue weighted by Crippen LogP contribution is 2.21. The van der Waals surface area contributed by atoms with Crippen molar-refractivity contribution in [2.24, 2.45) is 5.10 Å². The first-order valence-corrected chi connectivity index (χ1v) is 6.88. The highest BCUT2D eigenvalue weighted by atomic mass is 16.5. The molecule has 0 fully saturated rings. The van der Waals surface area contributed by atoms with Crippen molar-refractivity contribution in [2.45, 2.75) is 13.3 Å². The highest BCUT2D eigenvalue weighted by Gasteiger charge is 2.02. The monoisotopic (exact) mass is 282 g/mol. The van der Waals surface area contributed by atoms with Crippen molar-refractivity contribution in [1.82, 2.24) is 5.43 Å². The molecule has 1 amide bonds. The van der Waals surface area contributed by atoms with Gasteiger partial charge in [-0.05, 0) is 29.7 Å². The van der Waals surface area contributed by atoms with Gasteiger partial charge in [0.25, 0.3) is 5.91 Å². The molecule has 0 atom stereocenters. The first kappa shape index (κ1) is 14.8. The fourth-order valence-corrected chi connectivity index (χ4v) is 1.76. The average Bonchev–Trinajstić information content (AvgIpc) is 2.54. The van der Waals surface area contributed by atoms with E-state index in [9.17, 15) is 4.79 Å². The molecule has 0 aromatic heterocycles. The average molecular weight is 282 g/mol. The van der Waals surface area contributed by atoms with Gasteiger partial charge in [-0.25, -0.2) is 5.43 Å². The maximum atomic E-state index is 11.4. The van der Waals surface area contributed by atoms with Crippen LogP contribution in [0.2, 0.25) is 0 Å². The van der Waals surface area contributed by atoms with Crippen LogP contribution in [-0.2, 0) is 4.79 Å².